The zero-order chi connectivity index (χ0) is 18.8. The Balaban J connectivity index is 2.63. The summed E-state index contributed by atoms with van der Waals surface area (Å²) in [5.74, 6) is -0.303. The first-order chi connectivity index (χ1) is 11.8. The van der Waals surface area contributed by atoms with Gasteiger partial charge in [-0.25, -0.2) is 0 Å². The number of hydrogen-bond donors (Lipinski definition) is 1. The van der Waals surface area contributed by atoms with Gasteiger partial charge in [-0.15, -0.1) is 0 Å². The van der Waals surface area contributed by atoms with Gasteiger partial charge in [0.25, 0.3) is 0 Å². The maximum absolute atomic E-state index is 12.6. The summed E-state index contributed by atoms with van der Waals surface area (Å²) >= 11 is 0. The molecule has 0 aromatic heterocycles. The molecule has 0 unspecified atom stereocenters. The molecule has 0 heterocycles. The van der Waals surface area contributed by atoms with Crippen molar-refractivity contribution in [1.29, 1.82) is 0 Å². The van der Waals surface area contributed by atoms with E-state index in [2.05, 4.69) is 5.32 Å². The molecular weight excluding hydrogens is 316 g/mol. The molecule has 0 fully saturated rings. The molecule has 0 aliphatic heterocycles. The summed E-state index contributed by atoms with van der Waals surface area (Å²) in [4.78, 5) is 26.7. The average Bonchev–Trinajstić information content (AvgIpc) is 2.58. The van der Waals surface area contributed by atoms with Crippen LogP contribution < -0.4 is 5.32 Å². The molecule has 0 aliphatic rings. The first kappa shape index (κ1) is 21.2. The molecule has 0 saturated carbocycles. The van der Waals surface area contributed by atoms with Crippen molar-refractivity contribution in [2.24, 2.45) is 5.92 Å². The first-order valence-electron chi connectivity index (χ1n) is 9.06. The van der Waals surface area contributed by atoms with Gasteiger partial charge < -0.3 is 15.0 Å². The molecule has 0 saturated heterocycles. The molecule has 1 N–H and O–H groups in total. The van der Waals surface area contributed by atoms with E-state index in [1.807, 2.05) is 58.0 Å². The van der Waals surface area contributed by atoms with Crippen molar-refractivity contribution in [3.05, 3.63) is 35.9 Å². The molecule has 5 heteroatoms. The van der Waals surface area contributed by atoms with Gasteiger partial charge in [-0.3, -0.25) is 9.59 Å². The topological polar surface area (TPSA) is 58.6 Å². The predicted molar refractivity (Wildman–Crippen MR) is 100 cm³/mol. The van der Waals surface area contributed by atoms with Gasteiger partial charge in [0.2, 0.25) is 11.8 Å². The molecule has 0 aliphatic carbocycles. The number of benzene rings is 1. The predicted octanol–water partition coefficient (Wildman–Crippen LogP) is 2.99. The molecule has 25 heavy (non-hydrogen) atoms. The van der Waals surface area contributed by atoms with Gasteiger partial charge in [0.15, 0.2) is 0 Å². The van der Waals surface area contributed by atoms with Crippen LogP contribution in [0.15, 0.2) is 30.3 Å². The van der Waals surface area contributed by atoms with Crippen LogP contribution in [0.1, 0.15) is 46.6 Å². The Bertz CT molecular complexity index is 529. The summed E-state index contributed by atoms with van der Waals surface area (Å²) in [5.41, 5.74) is 1.02. The fourth-order valence-corrected chi connectivity index (χ4v) is 2.41. The van der Waals surface area contributed by atoms with E-state index in [-0.39, 0.29) is 23.8 Å². The highest BCUT2D eigenvalue weighted by Crippen LogP contribution is 2.13. The summed E-state index contributed by atoms with van der Waals surface area (Å²) in [5, 5.41) is 2.90. The number of hydrogen-bond acceptors (Lipinski definition) is 3. The maximum atomic E-state index is 12.6. The van der Waals surface area contributed by atoms with E-state index < -0.39 is 6.04 Å². The molecule has 1 atom stereocenters. The number of carbonyl (C=O) groups is 2. The Kier molecular flexibility index (Phi) is 9.21. The minimum Gasteiger partial charge on any atom is -0.379 e. The lowest BCUT2D eigenvalue weighted by molar-refractivity contribution is -0.143. The highest BCUT2D eigenvalue weighted by atomic mass is 16.5. The van der Waals surface area contributed by atoms with Gasteiger partial charge >= 0.3 is 0 Å². The van der Waals surface area contributed by atoms with Gasteiger partial charge in [-0.05, 0) is 32.8 Å². The van der Waals surface area contributed by atoms with Gasteiger partial charge in [-0.1, -0.05) is 44.2 Å². The van der Waals surface area contributed by atoms with Gasteiger partial charge in [0, 0.05) is 25.6 Å². The van der Waals surface area contributed by atoms with Crippen LogP contribution in [0, 0.1) is 5.92 Å². The summed E-state index contributed by atoms with van der Waals surface area (Å²) in [6.07, 6.45) is 0.952. The van der Waals surface area contributed by atoms with Crippen molar-refractivity contribution < 1.29 is 14.3 Å². The lowest BCUT2D eigenvalue weighted by Crippen LogP contribution is -2.49. The molecule has 0 bridgehead atoms. The second-order valence-corrected chi connectivity index (χ2v) is 6.85. The smallest absolute Gasteiger partial charge is 0.242 e. The van der Waals surface area contributed by atoms with Crippen molar-refractivity contribution in [1.82, 2.24) is 10.2 Å². The maximum Gasteiger partial charge on any atom is 0.242 e. The van der Waals surface area contributed by atoms with Crippen molar-refractivity contribution in [3.8, 4) is 0 Å². The third-order valence-corrected chi connectivity index (χ3v) is 3.89. The molecule has 5 nitrogen and oxygen atoms in total. The van der Waals surface area contributed by atoms with E-state index in [0.29, 0.717) is 19.7 Å². The van der Waals surface area contributed by atoms with Crippen LogP contribution in [0.25, 0.3) is 0 Å². The highest BCUT2D eigenvalue weighted by Gasteiger charge is 2.27. The Morgan fingerprint density at radius 3 is 2.28 bits per heavy atom. The molecule has 1 rings (SSSR count). The van der Waals surface area contributed by atoms with Gasteiger partial charge in [-0.2, -0.15) is 0 Å². The van der Waals surface area contributed by atoms with Crippen LogP contribution in [-0.2, 0) is 20.9 Å². The molecular formula is C20H32N2O3. The zero-order valence-electron chi connectivity index (χ0n) is 16.1. The van der Waals surface area contributed by atoms with Crippen LogP contribution in [0.3, 0.4) is 0 Å². The van der Waals surface area contributed by atoms with Crippen molar-refractivity contribution in [2.45, 2.75) is 59.7 Å². The molecule has 1 aromatic carbocycles. The van der Waals surface area contributed by atoms with Crippen molar-refractivity contribution in [3.63, 3.8) is 0 Å². The van der Waals surface area contributed by atoms with Crippen molar-refractivity contribution >= 4 is 11.8 Å². The molecule has 0 spiro atoms. The number of amides is 2. The number of rotatable bonds is 10. The second-order valence-electron chi connectivity index (χ2n) is 6.85. The molecule has 140 valence electrons. The van der Waals surface area contributed by atoms with Gasteiger partial charge in [0.1, 0.15) is 6.04 Å². The summed E-state index contributed by atoms with van der Waals surface area (Å²) in [6.45, 7) is 11.1. The summed E-state index contributed by atoms with van der Waals surface area (Å²) < 4.78 is 5.46. The first-order valence-corrected chi connectivity index (χ1v) is 9.06. The monoisotopic (exact) mass is 348 g/mol. The molecule has 2 amide bonds. The minimum absolute atomic E-state index is 0.0188. The third kappa shape index (κ3) is 7.69. The Morgan fingerprint density at radius 2 is 1.72 bits per heavy atom. The number of carbonyl (C=O) groups excluding carboxylic acids is 2. The molecule has 1 aromatic rings. The van der Waals surface area contributed by atoms with Crippen LogP contribution in [0.2, 0.25) is 0 Å². The van der Waals surface area contributed by atoms with E-state index in [9.17, 15) is 9.59 Å². The Labute approximate surface area is 151 Å². The second kappa shape index (κ2) is 10.9. The van der Waals surface area contributed by atoms with E-state index in [1.165, 1.54) is 0 Å². The lowest BCUT2D eigenvalue weighted by Gasteiger charge is -2.30. The highest BCUT2D eigenvalue weighted by molar-refractivity contribution is 5.88. The van der Waals surface area contributed by atoms with Crippen LogP contribution in [0.4, 0.5) is 0 Å². The largest absolute Gasteiger partial charge is 0.379 e. The lowest BCUT2D eigenvalue weighted by atomic mass is 10.1. The SMILES string of the molecule is CC(C)OCCCNC(=O)[C@@H](C)N(Cc1ccccc1)C(=O)C(C)C. The fraction of sp³-hybridized carbons (Fsp3) is 0.600. The summed E-state index contributed by atoms with van der Waals surface area (Å²) in [6, 6.07) is 9.23. The fourth-order valence-electron chi connectivity index (χ4n) is 2.41. The Morgan fingerprint density at radius 1 is 1.08 bits per heavy atom. The quantitative estimate of drug-likeness (QED) is 0.661. The van der Waals surface area contributed by atoms with E-state index in [4.69, 9.17) is 4.74 Å². The summed E-state index contributed by atoms with van der Waals surface area (Å²) in [7, 11) is 0. The zero-order valence-corrected chi connectivity index (χ0v) is 16.1. The third-order valence-electron chi connectivity index (χ3n) is 3.89. The Hall–Kier alpha value is -1.88. The van der Waals surface area contributed by atoms with Gasteiger partial charge in [0.05, 0.1) is 6.10 Å². The van der Waals surface area contributed by atoms with Crippen molar-refractivity contribution in [2.75, 3.05) is 13.2 Å². The normalized spacial score (nSPS) is 12.3. The number of nitrogens with zero attached hydrogens (tertiary/aromatic N) is 1. The van der Waals surface area contributed by atoms with E-state index in [1.54, 1.807) is 11.8 Å². The van der Waals surface area contributed by atoms with Crippen LogP contribution in [0.5, 0.6) is 0 Å². The number of ether oxygens (including phenoxy) is 1. The number of nitrogens with one attached hydrogen (secondary N) is 1. The van der Waals surface area contributed by atoms with Crippen LogP contribution in [-0.4, -0.2) is 42.0 Å². The minimum atomic E-state index is -0.513. The standard InChI is InChI=1S/C20H32N2O3/c1-15(2)20(24)22(14-18-10-7-6-8-11-18)17(5)19(23)21-12-9-13-25-16(3)4/h6-8,10-11,15-17H,9,12-14H2,1-5H3,(H,21,23)/t17-/m1/s1. The van der Waals surface area contributed by atoms with E-state index in [0.717, 1.165) is 12.0 Å². The molecule has 0 radical (unpaired) electrons. The van der Waals surface area contributed by atoms with E-state index >= 15 is 0 Å². The van der Waals surface area contributed by atoms with Crippen LogP contribution >= 0.6 is 0 Å². The average molecular weight is 348 g/mol.